The van der Waals surface area contributed by atoms with Gasteiger partial charge in [-0.05, 0) is 86.7 Å². The zero-order valence-electron chi connectivity index (χ0n) is 24.2. The van der Waals surface area contributed by atoms with E-state index in [0.717, 1.165) is 31.5 Å². The van der Waals surface area contributed by atoms with Gasteiger partial charge in [-0.15, -0.1) is 0 Å². The molecule has 3 aliphatic heterocycles. The van der Waals surface area contributed by atoms with E-state index < -0.39 is 17.2 Å². The molecule has 0 aliphatic carbocycles. The van der Waals surface area contributed by atoms with Crippen molar-refractivity contribution in [3.8, 4) is 5.75 Å². The van der Waals surface area contributed by atoms with Crippen molar-refractivity contribution in [2.75, 3.05) is 38.6 Å². The van der Waals surface area contributed by atoms with Crippen LogP contribution in [0.1, 0.15) is 44.7 Å². The number of H-pyrrole nitrogens is 1. The smallest absolute Gasteiger partial charge is 0.446 e. The maximum atomic E-state index is 13.3. The van der Waals surface area contributed by atoms with E-state index in [-0.39, 0.29) is 65.4 Å². The van der Waals surface area contributed by atoms with Crippen LogP contribution in [-0.4, -0.2) is 88.4 Å². The van der Waals surface area contributed by atoms with Crippen molar-refractivity contribution in [3.05, 3.63) is 81.3 Å². The van der Waals surface area contributed by atoms with Gasteiger partial charge in [0, 0.05) is 30.1 Å². The molecule has 3 aliphatic rings. The van der Waals surface area contributed by atoms with Gasteiger partial charge in [-0.3, -0.25) is 24.3 Å². The van der Waals surface area contributed by atoms with Crippen LogP contribution in [0.2, 0.25) is 0 Å². The number of piperidine rings is 1. The number of aliphatic hydroxyl groups is 1. The first-order valence-corrected chi connectivity index (χ1v) is 15.2. The molecule has 4 heterocycles. The summed E-state index contributed by atoms with van der Waals surface area (Å²) in [5.74, 6) is -0.447. The number of carbonyl (C=O) groups excluding carboxylic acids is 2. The number of nitrogens with zero attached hydrogens (tertiary/aromatic N) is 3. The van der Waals surface area contributed by atoms with Crippen LogP contribution in [0, 0.1) is 0 Å². The highest BCUT2D eigenvalue weighted by Crippen LogP contribution is 2.39. The number of hydrogen-bond acceptors (Lipinski definition) is 9. The molecule has 0 bridgehead atoms. The number of anilines is 1. The van der Waals surface area contributed by atoms with E-state index in [9.17, 15) is 32.7 Å². The van der Waals surface area contributed by atoms with E-state index in [2.05, 4.69) is 20.2 Å². The van der Waals surface area contributed by atoms with E-state index in [1.165, 1.54) is 35.4 Å². The predicted octanol–water partition coefficient (Wildman–Crippen LogP) is 4.21. The monoisotopic (exact) mass is 641 g/mol. The van der Waals surface area contributed by atoms with Gasteiger partial charge in [0.1, 0.15) is 18.5 Å². The Bertz CT molecular complexity index is 1740. The molecule has 1 saturated heterocycles. The summed E-state index contributed by atoms with van der Waals surface area (Å²) in [7, 11) is 2.02. The first-order chi connectivity index (χ1) is 21.5. The molecule has 1 unspecified atom stereocenters. The van der Waals surface area contributed by atoms with E-state index in [0.29, 0.717) is 28.2 Å². The molecule has 14 heteroatoms. The number of hydrogen-bond donors (Lipinski definition) is 3. The number of ether oxygens (including phenoxy) is 1. The fourth-order valence-corrected chi connectivity index (χ4v) is 6.42. The molecule has 0 radical (unpaired) electrons. The SMILES string of the molecule is CN1CCC(N2C(=O)c3cc4c(cc3C2=O)N=C(c2c(NCC(O)COc3cccc(SC(F)(F)F)c3)cc[nH]c2=O)C4)CC1. The average Bonchev–Trinajstić information content (AvgIpc) is 3.51. The molecule has 3 N–H and O–H groups in total. The number of halogens is 3. The Kier molecular flexibility index (Phi) is 8.46. The van der Waals surface area contributed by atoms with Gasteiger partial charge < -0.3 is 25.0 Å². The maximum Gasteiger partial charge on any atom is 0.446 e. The second-order valence-electron chi connectivity index (χ2n) is 11.2. The van der Waals surface area contributed by atoms with Crippen molar-refractivity contribution < 1.29 is 32.6 Å². The molecule has 10 nitrogen and oxygen atoms in total. The molecule has 6 rings (SSSR count). The van der Waals surface area contributed by atoms with Crippen LogP contribution in [0.5, 0.6) is 5.75 Å². The standard InChI is InChI=1S/C31H30F3N5O5S/c1-38-9-6-18(7-10-38)39-29(42)22-11-17-12-26(37-25(17)14-23(22)30(39)43)27-24(5-8-35-28(27)41)36-15-19(40)16-44-20-3-2-4-21(13-20)45-31(32,33)34/h2-5,8,11,13-14,18-19,40H,6-7,9-10,12,15-16H2,1H3,(H2,35,36,41). The van der Waals surface area contributed by atoms with Crippen LogP contribution < -0.4 is 15.6 Å². The van der Waals surface area contributed by atoms with Crippen LogP contribution in [0.25, 0.3) is 0 Å². The number of pyridine rings is 1. The second kappa shape index (κ2) is 12.3. The summed E-state index contributed by atoms with van der Waals surface area (Å²) < 4.78 is 43.5. The molecule has 45 heavy (non-hydrogen) atoms. The fraction of sp³-hybridized carbons (Fsp3) is 0.355. The Hall–Kier alpha value is -4.14. The summed E-state index contributed by atoms with van der Waals surface area (Å²) in [6.07, 6.45) is 2.11. The van der Waals surface area contributed by atoms with E-state index >= 15 is 0 Å². The summed E-state index contributed by atoms with van der Waals surface area (Å²) in [4.78, 5) is 50.4. The van der Waals surface area contributed by atoms with E-state index in [4.69, 9.17) is 4.74 Å². The number of aromatic amines is 1. The third kappa shape index (κ3) is 6.63. The number of aliphatic hydroxyl groups excluding tert-OH is 1. The lowest BCUT2D eigenvalue weighted by molar-refractivity contribution is -0.0328. The summed E-state index contributed by atoms with van der Waals surface area (Å²) >= 11 is -0.256. The van der Waals surface area contributed by atoms with E-state index in [1.54, 1.807) is 18.2 Å². The number of thioether (sulfide) groups is 1. The van der Waals surface area contributed by atoms with E-state index in [1.807, 2.05) is 7.05 Å². The van der Waals surface area contributed by atoms with Gasteiger partial charge in [-0.2, -0.15) is 13.2 Å². The Balaban J connectivity index is 1.13. The van der Waals surface area contributed by atoms with Crippen LogP contribution >= 0.6 is 11.8 Å². The van der Waals surface area contributed by atoms with Crippen molar-refractivity contribution >= 4 is 40.7 Å². The summed E-state index contributed by atoms with van der Waals surface area (Å²) in [5.41, 5.74) is -1.84. The van der Waals surface area contributed by atoms with Crippen molar-refractivity contribution in [3.63, 3.8) is 0 Å². The minimum Gasteiger partial charge on any atom is -0.491 e. The number of imide groups is 1. The highest BCUT2D eigenvalue weighted by atomic mass is 32.2. The molecule has 1 aromatic heterocycles. The number of nitrogens with one attached hydrogen (secondary N) is 2. The van der Waals surface area contributed by atoms with Gasteiger partial charge >= 0.3 is 5.51 Å². The van der Waals surface area contributed by atoms with Crippen molar-refractivity contribution in [1.29, 1.82) is 0 Å². The number of alkyl halides is 3. The van der Waals surface area contributed by atoms with Gasteiger partial charge in [-0.25, -0.2) is 0 Å². The zero-order valence-corrected chi connectivity index (χ0v) is 25.0. The molecule has 3 aromatic rings. The molecule has 0 saturated carbocycles. The molecule has 236 valence electrons. The fourth-order valence-electron chi connectivity index (χ4n) is 5.83. The number of likely N-dealkylation sites (tertiary alicyclic amines) is 1. The first-order valence-electron chi connectivity index (χ1n) is 14.4. The quantitative estimate of drug-likeness (QED) is 0.235. The Morgan fingerprint density at radius 1 is 1.11 bits per heavy atom. The van der Waals surface area contributed by atoms with Gasteiger partial charge in [0.2, 0.25) is 0 Å². The summed E-state index contributed by atoms with van der Waals surface area (Å²) in [6, 6.07) is 10.3. The van der Waals surface area contributed by atoms with Crippen molar-refractivity contribution in [2.45, 2.75) is 41.8 Å². The molecular formula is C31H30F3N5O5S. The molecule has 0 spiro atoms. The van der Waals surface area contributed by atoms with Crippen LogP contribution in [0.4, 0.5) is 24.5 Å². The van der Waals surface area contributed by atoms with Gasteiger partial charge in [0.05, 0.1) is 33.8 Å². The number of fused-ring (bicyclic) bond motifs is 2. The molecule has 2 amide bonds. The maximum absolute atomic E-state index is 13.3. The average molecular weight is 642 g/mol. The third-order valence-electron chi connectivity index (χ3n) is 8.04. The minimum absolute atomic E-state index is 0.0300. The molecule has 1 atom stereocenters. The minimum atomic E-state index is -4.43. The zero-order chi connectivity index (χ0) is 31.9. The van der Waals surface area contributed by atoms with Gasteiger partial charge in [0.25, 0.3) is 17.4 Å². The summed E-state index contributed by atoms with van der Waals surface area (Å²) in [6.45, 7) is 1.39. The highest BCUT2D eigenvalue weighted by Gasteiger charge is 2.42. The Morgan fingerprint density at radius 2 is 1.84 bits per heavy atom. The molecule has 2 aromatic carbocycles. The summed E-state index contributed by atoms with van der Waals surface area (Å²) in [5, 5.41) is 13.5. The second-order valence-corrected chi connectivity index (χ2v) is 12.4. The Morgan fingerprint density at radius 3 is 2.58 bits per heavy atom. The van der Waals surface area contributed by atoms with Crippen LogP contribution in [-0.2, 0) is 6.42 Å². The first kappa shape index (κ1) is 30.9. The number of aliphatic imine (C=N–C) groups is 1. The lowest BCUT2D eigenvalue weighted by atomic mass is 10.00. The number of amides is 2. The topological polar surface area (TPSA) is 127 Å². The predicted molar refractivity (Wildman–Crippen MR) is 163 cm³/mol. The van der Waals surface area contributed by atoms with Gasteiger partial charge in [-0.1, -0.05) is 6.07 Å². The normalized spacial score (nSPS) is 17.7. The third-order valence-corrected chi connectivity index (χ3v) is 8.76. The lowest BCUT2D eigenvalue weighted by Crippen LogP contribution is -2.46. The Labute approximate surface area is 260 Å². The number of rotatable bonds is 9. The van der Waals surface area contributed by atoms with Crippen molar-refractivity contribution in [1.82, 2.24) is 14.8 Å². The van der Waals surface area contributed by atoms with Crippen LogP contribution in [0.3, 0.4) is 0 Å². The largest absolute Gasteiger partial charge is 0.491 e. The number of carbonyl (C=O) groups is 2. The molecular weight excluding hydrogens is 611 g/mol. The molecule has 1 fully saturated rings. The van der Waals surface area contributed by atoms with Crippen molar-refractivity contribution in [2.24, 2.45) is 4.99 Å². The highest BCUT2D eigenvalue weighted by molar-refractivity contribution is 8.00. The van der Waals surface area contributed by atoms with Gasteiger partial charge in [0.15, 0.2) is 0 Å². The number of aromatic nitrogens is 1. The van der Waals surface area contributed by atoms with Crippen LogP contribution in [0.15, 0.2) is 63.3 Å². The lowest BCUT2D eigenvalue weighted by Gasteiger charge is -2.33. The number of benzene rings is 2.